The lowest BCUT2D eigenvalue weighted by Gasteiger charge is -2.41. The van der Waals surface area contributed by atoms with Crippen molar-refractivity contribution in [3.63, 3.8) is 0 Å². The number of fused-ring (bicyclic) bond motifs is 2. The fraction of sp³-hybridized carbons (Fsp3) is 0.356. The topological polar surface area (TPSA) is 110 Å². The number of hydrogen-bond donors (Lipinski definition) is 2. The lowest BCUT2D eigenvalue weighted by molar-refractivity contribution is 0.0566. The summed E-state index contributed by atoms with van der Waals surface area (Å²) in [6.45, 7) is 8.92. The molecule has 10 heteroatoms. The molecule has 1 fully saturated rings. The van der Waals surface area contributed by atoms with E-state index in [2.05, 4.69) is 57.6 Å². The molecule has 0 saturated carbocycles. The molecule has 0 unspecified atom stereocenters. The number of nitriles is 1. The monoisotopic (exact) mass is 735 g/mol. The first-order valence-electron chi connectivity index (χ1n) is 19.5. The van der Waals surface area contributed by atoms with Crippen LogP contribution in [0.2, 0.25) is 0 Å². The number of carbonyl (C=O) groups excluding carboxylic acids is 2. The molecule has 2 aromatic heterocycles. The summed E-state index contributed by atoms with van der Waals surface area (Å²) in [6.07, 6.45) is 5.32. The molecule has 5 aromatic rings. The first kappa shape index (κ1) is 36.4. The summed E-state index contributed by atoms with van der Waals surface area (Å²) in [7, 11) is 3.77. The lowest BCUT2D eigenvalue weighted by Crippen LogP contribution is -2.51. The summed E-state index contributed by atoms with van der Waals surface area (Å²) in [5.74, 6) is -0.166. The van der Waals surface area contributed by atoms with Crippen LogP contribution in [0.5, 0.6) is 5.75 Å². The molecule has 0 aliphatic carbocycles. The Kier molecular flexibility index (Phi) is 9.84. The Morgan fingerprint density at radius 2 is 1.62 bits per heavy atom. The predicted molar refractivity (Wildman–Crippen MR) is 215 cm³/mol. The molecule has 3 aliphatic heterocycles. The average molecular weight is 736 g/mol. The molecular weight excluding hydrogens is 687 g/mol. The number of benzene rings is 3. The van der Waals surface area contributed by atoms with Gasteiger partial charge in [-0.15, -0.1) is 0 Å². The molecule has 1 atom stereocenters. The second kappa shape index (κ2) is 14.9. The highest BCUT2D eigenvalue weighted by Crippen LogP contribution is 2.38. The number of anilines is 2. The summed E-state index contributed by atoms with van der Waals surface area (Å²) < 4.78 is 3.80. The summed E-state index contributed by atoms with van der Waals surface area (Å²) in [5.41, 5.74) is 10.7. The first-order chi connectivity index (χ1) is 26.6. The van der Waals surface area contributed by atoms with E-state index >= 15 is 4.79 Å². The van der Waals surface area contributed by atoms with Gasteiger partial charge in [-0.2, -0.15) is 5.26 Å². The Morgan fingerprint density at radius 3 is 2.35 bits per heavy atom. The van der Waals surface area contributed by atoms with Crippen LogP contribution in [-0.2, 0) is 40.0 Å². The third-order valence-corrected chi connectivity index (χ3v) is 12.2. The van der Waals surface area contributed by atoms with Gasteiger partial charge in [0, 0.05) is 73.7 Å². The molecule has 2 N–H and O–H groups in total. The van der Waals surface area contributed by atoms with E-state index in [1.807, 2.05) is 38.6 Å². The SMILES string of the molecule is Cc1c(N(C(=O)c2cc(-c3cc4c(cc3C(=O)N3Cc5ccccc5C[C@H]3CN3CCCCC3)CNCC4)n(C)c2C)c2ccc(O)cc2)cc(C#N)n1C. The number of aromatic hydroxyl groups is 1. The van der Waals surface area contributed by atoms with Crippen LogP contribution in [0.25, 0.3) is 11.3 Å². The zero-order valence-electron chi connectivity index (χ0n) is 32.2. The Labute approximate surface area is 323 Å². The van der Waals surface area contributed by atoms with Crippen LogP contribution in [0.4, 0.5) is 11.4 Å². The number of likely N-dealkylation sites (tertiary alicyclic amines) is 1. The molecule has 1 saturated heterocycles. The van der Waals surface area contributed by atoms with Gasteiger partial charge in [0.25, 0.3) is 11.8 Å². The zero-order valence-corrected chi connectivity index (χ0v) is 32.2. The van der Waals surface area contributed by atoms with Crippen molar-refractivity contribution in [3.05, 3.63) is 123 Å². The second-order valence-electron chi connectivity index (χ2n) is 15.4. The summed E-state index contributed by atoms with van der Waals surface area (Å²) in [5, 5.41) is 23.5. The van der Waals surface area contributed by atoms with Crippen LogP contribution in [0.1, 0.15) is 79.3 Å². The summed E-state index contributed by atoms with van der Waals surface area (Å²) in [6, 6.07) is 25.2. The normalized spacial score (nSPS) is 17.0. The summed E-state index contributed by atoms with van der Waals surface area (Å²) >= 11 is 0. The Hall–Kier alpha value is -5.63. The molecule has 3 aliphatic rings. The molecule has 3 aromatic carbocycles. The number of rotatable bonds is 7. The lowest BCUT2D eigenvalue weighted by atomic mass is 9.89. The van der Waals surface area contributed by atoms with Crippen LogP contribution in [0.3, 0.4) is 0 Å². The van der Waals surface area contributed by atoms with Crippen molar-refractivity contribution in [2.24, 2.45) is 14.1 Å². The maximum absolute atomic E-state index is 15.2. The highest BCUT2D eigenvalue weighted by atomic mass is 16.3. The molecule has 0 bridgehead atoms. The van der Waals surface area contributed by atoms with Crippen molar-refractivity contribution < 1.29 is 14.7 Å². The Morgan fingerprint density at radius 1 is 0.873 bits per heavy atom. The highest BCUT2D eigenvalue weighted by molar-refractivity contribution is 6.13. The molecule has 5 heterocycles. The van der Waals surface area contributed by atoms with Gasteiger partial charge in [-0.05, 0) is 130 Å². The van der Waals surface area contributed by atoms with Gasteiger partial charge < -0.3 is 29.4 Å². The van der Waals surface area contributed by atoms with E-state index in [0.29, 0.717) is 41.3 Å². The van der Waals surface area contributed by atoms with E-state index in [1.165, 1.54) is 36.0 Å². The Bertz CT molecular complexity index is 2320. The number of amides is 2. The molecular formula is C45H49N7O3. The largest absolute Gasteiger partial charge is 0.508 e. The predicted octanol–water partition coefficient (Wildman–Crippen LogP) is 6.90. The van der Waals surface area contributed by atoms with Crippen LogP contribution < -0.4 is 10.2 Å². The third-order valence-electron chi connectivity index (χ3n) is 12.2. The molecule has 0 radical (unpaired) electrons. The van der Waals surface area contributed by atoms with Gasteiger partial charge >= 0.3 is 0 Å². The van der Waals surface area contributed by atoms with E-state index in [1.54, 1.807) is 39.8 Å². The number of phenols is 1. The number of piperidine rings is 1. The Balaban J connectivity index is 1.23. The number of nitrogens with zero attached hydrogens (tertiary/aromatic N) is 6. The second-order valence-corrected chi connectivity index (χ2v) is 15.4. The third kappa shape index (κ3) is 6.72. The highest BCUT2D eigenvalue weighted by Gasteiger charge is 2.35. The van der Waals surface area contributed by atoms with Gasteiger partial charge in [0.15, 0.2) is 0 Å². The van der Waals surface area contributed by atoms with E-state index in [0.717, 1.165) is 67.2 Å². The summed E-state index contributed by atoms with van der Waals surface area (Å²) in [4.78, 5) is 36.4. The quantitative estimate of drug-likeness (QED) is 0.188. The minimum atomic E-state index is -0.271. The fourth-order valence-electron chi connectivity index (χ4n) is 8.78. The minimum absolute atomic E-state index is 0.0151. The van der Waals surface area contributed by atoms with Crippen LogP contribution in [0.15, 0.2) is 72.8 Å². The van der Waals surface area contributed by atoms with Crippen LogP contribution in [-0.4, -0.2) is 68.1 Å². The van der Waals surface area contributed by atoms with Crippen molar-refractivity contribution >= 4 is 23.2 Å². The number of phenolic OH excluding ortho intramolecular Hbond substituents is 1. The number of nitrogens with one attached hydrogen (secondary N) is 1. The van der Waals surface area contributed by atoms with Crippen molar-refractivity contribution in [2.75, 3.05) is 31.1 Å². The van der Waals surface area contributed by atoms with E-state index in [-0.39, 0.29) is 23.6 Å². The zero-order chi connectivity index (χ0) is 38.4. The molecule has 55 heavy (non-hydrogen) atoms. The van der Waals surface area contributed by atoms with Gasteiger partial charge in [0.05, 0.1) is 11.3 Å². The van der Waals surface area contributed by atoms with Crippen molar-refractivity contribution in [1.82, 2.24) is 24.3 Å². The van der Waals surface area contributed by atoms with Crippen molar-refractivity contribution in [1.29, 1.82) is 5.26 Å². The molecule has 0 spiro atoms. The van der Waals surface area contributed by atoms with E-state index in [4.69, 9.17) is 0 Å². The van der Waals surface area contributed by atoms with Crippen LogP contribution >= 0.6 is 0 Å². The van der Waals surface area contributed by atoms with Gasteiger partial charge in [0.1, 0.15) is 17.5 Å². The number of aromatic nitrogens is 2. The maximum atomic E-state index is 15.2. The van der Waals surface area contributed by atoms with E-state index < -0.39 is 0 Å². The molecule has 8 rings (SSSR count). The number of hydrogen-bond acceptors (Lipinski definition) is 6. The maximum Gasteiger partial charge on any atom is 0.264 e. The van der Waals surface area contributed by atoms with Crippen molar-refractivity contribution in [3.8, 4) is 23.1 Å². The van der Waals surface area contributed by atoms with Crippen molar-refractivity contribution in [2.45, 2.75) is 65.1 Å². The standard InChI is InChI=1S/C45H49N7O3/c1-29-39(45(55)52(35-12-14-38(53)15-13-35)42-23-36(25-46)48(3)30(42)2)24-43(49(29)4)40-21-32-16-17-47-26-34(32)22-41(40)44(54)51-27-33-11-7-6-10-31(33)20-37(51)28-50-18-8-5-9-19-50/h6-7,10-15,21-24,37,47,53H,5,8-9,16-20,26-28H2,1-4H3/t37-/m0/s1. The van der Waals surface area contributed by atoms with Gasteiger partial charge in [-0.1, -0.05) is 30.7 Å². The van der Waals surface area contributed by atoms with Crippen LogP contribution in [0, 0.1) is 25.2 Å². The average Bonchev–Trinajstić information content (AvgIpc) is 3.67. The fourth-order valence-corrected chi connectivity index (χ4v) is 8.78. The van der Waals surface area contributed by atoms with Gasteiger partial charge in [-0.25, -0.2) is 0 Å². The molecule has 282 valence electrons. The number of carbonyl (C=O) groups is 2. The van der Waals surface area contributed by atoms with Gasteiger partial charge in [-0.3, -0.25) is 14.5 Å². The molecule has 2 amide bonds. The van der Waals surface area contributed by atoms with Gasteiger partial charge in [0.2, 0.25) is 0 Å². The minimum Gasteiger partial charge on any atom is -0.508 e. The molecule has 10 nitrogen and oxygen atoms in total. The smallest absolute Gasteiger partial charge is 0.264 e. The first-order valence-corrected chi connectivity index (χ1v) is 19.5. The van der Waals surface area contributed by atoms with E-state index in [9.17, 15) is 15.2 Å².